The van der Waals surface area contributed by atoms with Crippen LogP contribution in [-0.2, 0) is 9.47 Å². The average Bonchev–Trinajstić information content (AvgIpc) is 2.75. The number of aromatic nitrogens is 1. The van der Waals surface area contributed by atoms with E-state index in [0.717, 1.165) is 21.1 Å². The van der Waals surface area contributed by atoms with Crippen LogP contribution in [0.4, 0.5) is 4.79 Å². The molecule has 5 nitrogen and oxygen atoms in total. The number of benzene rings is 1. The van der Waals surface area contributed by atoms with Gasteiger partial charge in [-0.15, -0.1) is 0 Å². The van der Waals surface area contributed by atoms with Crippen molar-refractivity contribution in [2.24, 2.45) is 0 Å². The molecule has 6 heteroatoms. The first-order valence-electron chi connectivity index (χ1n) is 6.97. The predicted octanol–water partition coefficient (Wildman–Crippen LogP) is 4.21. The van der Waals surface area contributed by atoms with Crippen molar-refractivity contribution < 1.29 is 19.0 Å². The lowest BCUT2D eigenvalue weighted by Crippen LogP contribution is -2.26. The lowest BCUT2D eigenvalue weighted by atomic mass is 10.2. The van der Waals surface area contributed by atoms with E-state index in [-0.39, 0.29) is 0 Å². The van der Waals surface area contributed by atoms with Gasteiger partial charge in [0.25, 0.3) is 0 Å². The molecule has 0 amide bonds. The molecule has 0 saturated carbocycles. The normalized spacial score (nSPS) is 11.7. The number of methoxy groups -OCH3 is 1. The lowest BCUT2D eigenvalue weighted by Gasteiger charge is -2.19. The maximum absolute atomic E-state index is 12.3. The molecule has 0 spiro atoms. The molecular weight excluding hydrogens is 350 g/mol. The highest BCUT2D eigenvalue weighted by molar-refractivity contribution is 9.10. The van der Waals surface area contributed by atoms with Crippen molar-refractivity contribution in [2.45, 2.75) is 26.4 Å². The molecule has 22 heavy (non-hydrogen) atoms. The van der Waals surface area contributed by atoms with Crippen LogP contribution in [0, 0.1) is 0 Å². The topological polar surface area (TPSA) is 49.7 Å². The van der Waals surface area contributed by atoms with Gasteiger partial charge >= 0.3 is 6.09 Å². The summed E-state index contributed by atoms with van der Waals surface area (Å²) in [7, 11) is 1.63. The fourth-order valence-electron chi connectivity index (χ4n) is 1.96. The van der Waals surface area contributed by atoms with Gasteiger partial charge in [0.15, 0.2) is 0 Å². The van der Waals surface area contributed by atoms with Crippen LogP contribution in [0.5, 0.6) is 5.75 Å². The second kappa shape index (κ2) is 6.71. The van der Waals surface area contributed by atoms with E-state index in [9.17, 15) is 4.79 Å². The molecule has 120 valence electrons. The first kappa shape index (κ1) is 16.8. The van der Waals surface area contributed by atoms with Crippen molar-refractivity contribution in [3.05, 3.63) is 28.9 Å². The number of carbonyl (C=O) groups excluding carboxylic acids is 1. The molecule has 0 N–H and O–H groups in total. The molecule has 1 aromatic carbocycles. The summed E-state index contributed by atoms with van der Waals surface area (Å²) < 4.78 is 18.3. The van der Waals surface area contributed by atoms with Gasteiger partial charge in [-0.1, -0.05) is 0 Å². The SMILES string of the molecule is COCCOc1ccc2c(c1)c(Br)cn2C(=O)OC(C)(C)C. The highest BCUT2D eigenvalue weighted by atomic mass is 79.9. The van der Waals surface area contributed by atoms with E-state index in [4.69, 9.17) is 14.2 Å². The van der Waals surface area contributed by atoms with Crippen LogP contribution in [0.15, 0.2) is 28.9 Å². The highest BCUT2D eigenvalue weighted by Crippen LogP contribution is 2.30. The largest absolute Gasteiger partial charge is 0.491 e. The van der Waals surface area contributed by atoms with Crippen molar-refractivity contribution in [2.75, 3.05) is 20.3 Å². The third kappa shape index (κ3) is 4.01. The highest BCUT2D eigenvalue weighted by Gasteiger charge is 2.20. The van der Waals surface area contributed by atoms with Crippen LogP contribution < -0.4 is 4.74 Å². The minimum Gasteiger partial charge on any atom is -0.491 e. The average molecular weight is 370 g/mol. The van der Waals surface area contributed by atoms with Gasteiger partial charge in [-0.2, -0.15) is 0 Å². The Morgan fingerprint density at radius 2 is 2.00 bits per heavy atom. The number of fused-ring (bicyclic) bond motifs is 1. The first-order valence-corrected chi connectivity index (χ1v) is 7.77. The molecule has 0 saturated heterocycles. The molecule has 1 heterocycles. The standard InChI is InChI=1S/C16H20BrNO4/c1-16(2,3)22-15(19)18-10-13(17)12-9-11(5-6-14(12)18)21-8-7-20-4/h5-6,9-10H,7-8H2,1-4H3. The van der Waals surface area contributed by atoms with Gasteiger partial charge in [-0.05, 0) is 54.9 Å². The number of halogens is 1. The Bertz CT molecular complexity index is 673. The number of rotatable bonds is 4. The molecule has 0 aliphatic carbocycles. The van der Waals surface area contributed by atoms with Crippen molar-refractivity contribution in [3.63, 3.8) is 0 Å². The van der Waals surface area contributed by atoms with Crippen LogP contribution in [0.2, 0.25) is 0 Å². The number of hydrogen-bond donors (Lipinski definition) is 0. The van der Waals surface area contributed by atoms with E-state index >= 15 is 0 Å². The molecule has 0 bridgehead atoms. The third-order valence-electron chi connectivity index (χ3n) is 2.87. The van der Waals surface area contributed by atoms with E-state index in [1.165, 1.54) is 4.57 Å². The van der Waals surface area contributed by atoms with Crippen LogP contribution in [-0.4, -0.2) is 36.6 Å². The van der Waals surface area contributed by atoms with Crippen LogP contribution >= 0.6 is 15.9 Å². The number of hydrogen-bond acceptors (Lipinski definition) is 4. The predicted molar refractivity (Wildman–Crippen MR) is 88.6 cm³/mol. The van der Waals surface area contributed by atoms with Gasteiger partial charge in [0.1, 0.15) is 18.0 Å². The summed E-state index contributed by atoms with van der Waals surface area (Å²) >= 11 is 3.47. The zero-order chi connectivity index (χ0) is 16.3. The van der Waals surface area contributed by atoms with Crippen LogP contribution in [0.1, 0.15) is 20.8 Å². The number of ether oxygens (including phenoxy) is 3. The summed E-state index contributed by atoms with van der Waals surface area (Å²) in [5.74, 6) is 0.729. The number of nitrogens with zero attached hydrogens (tertiary/aromatic N) is 1. The molecule has 2 rings (SSSR count). The van der Waals surface area contributed by atoms with Crippen molar-refractivity contribution in [1.29, 1.82) is 0 Å². The van der Waals surface area contributed by atoms with Crippen molar-refractivity contribution in [1.82, 2.24) is 4.57 Å². The smallest absolute Gasteiger partial charge is 0.419 e. The van der Waals surface area contributed by atoms with Gasteiger partial charge < -0.3 is 14.2 Å². The van der Waals surface area contributed by atoms with Gasteiger partial charge in [0.2, 0.25) is 0 Å². The van der Waals surface area contributed by atoms with E-state index < -0.39 is 11.7 Å². The Morgan fingerprint density at radius 3 is 2.64 bits per heavy atom. The summed E-state index contributed by atoms with van der Waals surface area (Å²) in [4.78, 5) is 12.3. The number of carbonyl (C=O) groups is 1. The summed E-state index contributed by atoms with van der Waals surface area (Å²) in [6.07, 6.45) is 1.30. The van der Waals surface area contributed by atoms with Crippen LogP contribution in [0.25, 0.3) is 10.9 Å². The maximum atomic E-state index is 12.3. The zero-order valence-corrected chi connectivity index (χ0v) is 14.8. The monoisotopic (exact) mass is 369 g/mol. The minimum absolute atomic E-state index is 0.406. The Morgan fingerprint density at radius 1 is 1.27 bits per heavy atom. The summed E-state index contributed by atoms with van der Waals surface area (Å²) in [6, 6.07) is 5.55. The molecule has 2 aromatic rings. The Kier molecular flexibility index (Phi) is 5.13. The van der Waals surface area contributed by atoms with Gasteiger partial charge in [-0.25, -0.2) is 4.79 Å². The fraction of sp³-hybridized carbons (Fsp3) is 0.438. The quantitative estimate of drug-likeness (QED) is 0.757. The zero-order valence-electron chi connectivity index (χ0n) is 13.2. The van der Waals surface area contributed by atoms with Crippen molar-refractivity contribution >= 4 is 32.9 Å². The molecule has 0 fully saturated rings. The molecular formula is C16H20BrNO4. The third-order valence-corrected chi connectivity index (χ3v) is 3.51. The van der Waals surface area contributed by atoms with E-state index in [1.807, 2.05) is 39.0 Å². The molecule has 1 aromatic heterocycles. The summed E-state index contributed by atoms with van der Waals surface area (Å²) in [5.41, 5.74) is 0.226. The Balaban J connectivity index is 2.29. The maximum Gasteiger partial charge on any atom is 0.419 e. The lowest BCUT2D eigenvalue weighted by molar-refractivity contribution is 0.0544. The molecule has 0 radical (unpaired) electrons. The van der Waals surface area contributed by atoms with E-state index in [2.05, 4.69) is 15.9 Å². The molecule has 0 atom stereocenters. The van der Waals surface area contributed by atoms with E-state index in [1.54, 1.807) is 13.3 Å². The van der Waals surface area contributed by atoms with Gasteiger partial charge in [-0.3, -0.25) is 4.57 Å². The first-order chi connectivity index (χ1) is 10.3. The Labute approximate surface area is 138 Å². The summed E-state index contributed by atoms with van der Waals surface area (Å²) in [6.45, 7) is 6.53. The Hall–Kier alpha value is -1.53. The van der Waals surface area contributed by atoms with Crippen LogP contribution in [0.3, 0.4) is 0 Å². The molecule has 0 unspecified atom stereocenters. The second-order valence-electron chi connectivity index (χ2n) is 5.85. The van der Waals surface area contributed by atoms with Gasteiger partial charge in [0.05, 0.1) is 12.1 Å². The molecule has 0 aliphatic heterocycles. The van der Waals surface area contributed by atoms with E-state index in [0.29, 0.717) is 13.2 Å². The summed E-state index contributed by atoms with van der Waals surface area (Å²) in [5, 5.41) is 0.890. The fourth-order valence-corrected chi connectivity index (χ4v) is 2.49. The second-order valence-corrected chi connectivity index (χ2v) is 6.70. The van der Waals surface area contributed by atoms with Gasteiger partial charge in [0, 0.05) is 23.2 Å². The van der Waals surface area contributed by atoms with Crippen molar-refractivity contribution in [3.8, 4) is 5.75 Å². The minimum atomic E-state index is -0.538. The molecule has 0 aliphatic rings.